The lowest BCUT2D eigenvalue weighted by molar-refractivity contribution is -0.118. The SMILES string of the molecule is CC(C)c1cccc(OS(=O)(=O)c2ccc3c(c2)NC(=O)CO3)c1. The van der Waals surface area contributed by atoms with Crippen LogP contribution in [0.1, 0.15) is 25.3 Å². The van der Waals surface area contributed by atoms with Crippen LogP contribution in [-0.4, -0.2) is 20.9 Å². The molecule has 1 aliphatic heterocycles. The summed E-state index contributed by atoms with van der Waals surface area (Å²) in [5.41, 5.74) is 1.29. The van der Waals surface area contributed by atoms with Crippen LogP contribution in [0.4, 0.5) is 5.69 Å². The molecule has 0 aliphatic carbocycles. The lowest BCUT2D eigenvalue weighted by Crippen LogP contribution is -2.25. The van der Waals surface area contributed by atoms with Crippen LogP contribution in [0.5, 0.6) is 11.5 Å². The predicted molar refractivity (Wildman–Crippen MR) is 88.9 cm³/mol. The van der Waals surface area contributed by atoms with Crippen LogP contribution in [-0.2, 0) is 14.9 Å². The Kier molecular flexibility index (Phi) is 4.19. The Balaban J connectivity index is 1.90. The summed E-state index contributed by atoms with van der Waals surface area (Å²) in [5, 5.41) is 2.58. The Hall–Kier alpha value is -2.54. The van der Waals surface area contributed by atoms with E-state index in [1.54, 1.807) is 18.2 Å². The van der Waals surface area contributed by atoms with E-state index in [1.165, 1.54) is 18.2 Å². The van der Waals surface area contributed by atoms with Gasteiger partial charge >= 0.3 is 10.1 Å². The Morgan fingerprint density at radius 2 is 1.96 bits per heavy atom. The molecule has 1 aliphatic rings. The topological polar surface area (TPSA) is 81.7 Å². The molecule has 7 heteroatoms. The number of carbonyl (C=O) groups excluding carboxylic acids is 1. The molecule has 1 amide bonds. The van der Waals surface area contributed by atoms with Crippen molar-refractivity contribution in [2.75, 3.05) is 11.9 Å². The number of nitrogens with one attached hydrogen (secondary N) is 1. The number of rotatable bonds is 4. The van der Waals surface area contributed by atoms with Gasteiger partial charge in [-0.3, -0.25) is 4.79 Å². The molecular weight excluding hydrogens is 330 g/mol. The Bertz CT molecular complexity index is 890. The van der Waals surface area contributed by atoms with E-state index < -0.39 is 10.1 Å². The normalized spacial score (nSPS) is 13.9. The van der Waals surface area contributed by atoms with Crippen LogP contribution in [0.15, 0.2) is 47.4 Å². The van der Waals surface area contributed by atoms with Crippen molar-refractivity contribution in [3.8, 4) is 11.5 Å². The number of benzene rings is 2. The molecule has 0 bridgehead atoms. The zero-order valence-corrected chi connectivity index (χ0v) is 14.1. The highest BCUT2D eigenvalue weighted by Gasteiger charge is 2.22. The van der Waals surface area contributed by atoms with Gasteiger partial charge in [0.15, 0.2) is 6.61 Å². The lowest BCUT2D eigenvalue weighted by atomic mass is 10.0. The van der Waals surface area contributed by atoms with Crippen LogP contribution >= 0.6 is 0 Å². The Labute approximate surface area is 140 Å². The average molecular weight is 347 g/mol. The molecule has 1 heterocycles. The molecule has 0 aromatic heterocycles. The second-order valence-corrected chi connectivity index (χ2v) is 7.31. The smallest absolute Gasteiger partial charge is 0.339 e. The molecule has 1 N–H and O–H groups in total. The van der Waals surface area contributed by atoms with E-state index in [4.69, 9.17) is 8.92 Å². The fourth-order valence-electron chi connectivity index (χ4n) is 2.32. The number of ether oxygens (including phenoxy) is 1. The first-order valence-electron chi connectivity index (χ1n) is 7.46. The second-order valence-electron chi connectivity index (χ2n) is 5.76. The van der Waals surface area contributed by atoms with Crippen molar-refractivity contribution in [3.63, 3.8) is 0 Å². The molecule has 0 saturated heterocycles. The Morgan fingerprint density at radius 1 is 1.17 bits per heavy atom. The summed E-state index contributed by atoms with van der Waals surface area (Å²) in [6, 6.07) is 11.2. The van der Waals surface area contributed by atoms with Gasteiger partial charge in [-0.25, -0.2) is 0 Å². The molecule has 2 aromatic rings. The van der Waals surface area contributed by atoms with Gasteiger partial charge in [-0.1, -0.05) is 26.0 Å². The number of amides is 1. The fraction of sp³-hybridized carbons (Fsp3) is 0.235. The third-order valence-electron chi connectivity index (χ3n) is 3.60. The second kappa shape index (κ2) is 6.16. The third-order valence-corrected chi connectivity index (χ3v) is 4.85. The van der Waals surface area contributed by atoms with E-state index in [0.29, 0.717) is 11.4 Å². The highest BCUT2D eigenvalue weighted by Crippen LogP contribution is 2.31. The van der Waals surface area contributed by atoms with Gasteiger partial charge in [0, 0.05) is 0 Å². The number of hydrogen-bond donors (Lipinski definition) is 1. The monoisotopic (exact) mass is 347 g/mol. The quantitative estimate of drug-likeness (QED) is 0.860. The maximum absolute atomic E-state index is 12.5. The summed E-state index contributed by atoms with van der Waals surface area (Å²) in [6.45, 7) is 3.94. The molecule has 0 atom stereocenters. The van der Waals surface area contributed by atoms with Crippen LogP contribution < -0.4 is 14.2 Å². The first-order chi connectivity index (χ1) is 11.3. The maximum Gasteiger partial charge on any atom is 0.339 e. The van der Waals surface area contributed by atoms with Crippen LogP contribution in [0, 0.1) is 0 Å². The molecule has 24 heavy (non-hydrogen) atoms. The molecule has 0 radical (unpaired) electrons. The number of hydrogen-bond acceptors (Lipinski definition) is 5. The summed E-state index contributed by atoms with van der Waals surface area (Å²) in [5.74, 6) is 0.601. The molecule has 2 aromatic carbocycles. The van der Waals surface area contributed by atoms with Gasteiger partial charge < -0.3 is 14.2 Å². The first-order valence-corrected chi connectivity index (χ1v) is 8.87. The summed E-state index contributed by atoms with van der Waals surface area (Å²) >= 11 is 0. The van der Waals surface area contributed by atoms with Gasteiger partial charge in [0.2, 0.25) is 0 Å². The maximum atomic E-state index is 12.5. The van der Waals surface area contributed by atoms with Crippen molar-refractivity contribution < 1.29 is 22.1 Å². The van der Waals surface area contributed by atoms with Gasteiger partial charge in [-0.05, 0) is 41.8 Å². The predicted octanol–water partition coefficient (Wildman–Crippen LogP) is 2.91. The van der Waals surface area contributed by atoms with Crippen molar-refractivity contribution >= 4 is 21.7 Å². The molecule has 0 fully saturated rings. The zero-order chi connectivity index (χ0) is 17.3. The van der Waals surface area contributed by atoms with E-state index in [1.807, 2.05) is 19.9 Å². The highest BCUT2D eigenvalue weighted by atomic mass is 32.2. The molecule has 126 valence electrons. The highest BCUT2D eigenvalue weighted by molar-refractivity contribution is 7.87. The molecule has 6 nitrogen and oxygen atoms in total. The zero-order valence-electron chi connectivity index (χ0n) is 13.3. The van der Waals surface area contributed by atoms with Crippen molar-refractivity contribution in [2.24, 2.45) is 0 Å². The van der Waals surface area contributed by atoms with Crippen molar-refractivity contribution in [1.29, 1.82) is 0 Å². The molecular formula is C17H17NO5S. The van der Waals surface area contributed by atoms with Gasteiger partial charge in [0.1, 0.15) is 16.4 Å². The van der Waals surface area contributed by atoms with E-state index >= 15 is 0 Å². The van der Waals surface area contributed by atoms with Gasteiger partial charge in [-0.2, -0.15) is 8.42 Å². The van der Waals surface area contributed by atoms with Crippen molar-refractivity contribution in [1.82, 2.24) is 0 Å². The third kappa shape index (κ3) is 3.35. The minimum absolute atomic E-state index is 0.0537. The number of fused-ring (bicyclic) bond motifs is 1. The number of anilines is 1. The van der Waals surface area contributed by atoms with Crippen molar-refractivity contribution in [2.45, 2.75) is 24.7 Å². The largest absolute Gasteiger partial charge is 0.482 e. The van der Waals surface area contributed by atoms with Crippen LogP contribution in [0.3, 0.4) is 0 Å². The Morgan fingerprint density at radius 3 is 2.71 bits per heavy atom. The van der Waals surface area contributed by atoms with Gasteiger partial charge in [0.25, 0.3) is 5.91 Å². The van der Waals surface area contributed by atoms with Crippen LogP contribution in [0.2, 0.25) is 0 Å². The summed E-state index contributed by atoms with van der Waals surface area (Å²) in [7, 11) is -4.01. The number of carbonyl (C=O) groups is 1. The molecule has 3 rings (SSSR count). The van der Waals surface area contributed by atoms with E-state index in [9.17, 15) is 13.2 Å². The minimum atomic E-state index is -4.01. The van der Waals surface area contributed by atoms with Gasteiger partial charge in [-0.15, -0.1) is 0 Å². The lowest BCUT2D eigenvalue weighted by Gasteiger charge is -2.18. The first kappa shape index (κ1) is 16.3. The summed E-state index contributed by atoms with van der Waals surface area (Å²) in [6.07, 6.45) is 0. The minimum Gasteiger partial charge on any atom is -0.482 e. The van der Waals surface area contributed by atoms with E-state index in [2.05, 4.69) is 5.32 Å². The van der Waals surface area contributed by atoms with Gasteiger partial charge in [0.05, 0.1) is 5.69 Å². The standard InChI is InChI=1S/C17H17NO5S/c1-11(2)12-4-3-5-13(8-12)23-24(20,21)14-6-7-16-15(9-14)18-17(19)10-22-16/h3-9,11H,10H2,1-2H3,(H,18,19). The summed E-state index contributed by atoms with van der Waals surface area (Å²) < 4.78 is 35.4. The molecule has 0 unspecified atom stereocenters. The molecule has 0 spiro atoms. The summed E-state index contributed by atoms with van der Waals surface area (Å²) in [4.78, 5) is 11.3. The van der Waals surface area contributed by atoms with E-state index in [0.717, 1.165) is 5.56 Å². The van der Waals surface area contributed by atoms with Crippen LogP contribution in [0.25, 0.3) is 0 Å². The van der Waals surface area contributed by atoms with Crippen molar-refractivity contribution in [3.05, 3.63) is 48.0 Å². The molecule has 0 saturated carbocycles. The average Bonchev–Trinajstić information content (AvgIpc) is 2.54. The van der Waals surface area contributed by atoms with E-state index in [-0.39, 0.29) is 29.1 Å². The fourth-order valence-corrected chi connectivity index (χ4v) is 3.27.